The summed E-state index contributed by atoms with van der Waals surface area (Å²) in [5.41, 5.74) is 5.87. The average Bonchev–Trinajstić information content (AvgIpc) is 2.65. The minimum atomic E-state index is 0.432. The summed E-state index contributed by atoms with van der Waals surface area (Å²) in [4.78, 5) is 5.04. The number of likely N-dealkylation sites (N-methyl/N-ethyl adjacent to an activating group) is 1. The Kier molecular flexibility index (Phi) is 2.78. The third-order valence-corrected chi connectivity index (χ3v) is 4.75. The molecule has 4 rings (SSSR count). The Morgan fingerprint density at radius 1 is 0.850 bits per heavy atom. The fraction of sp³-hybridized carbons (Fsp3) is 0.333. The first-order valence-corrected chi connectivity index (χ1v) is 7.46. The molecule has 2 heterocycles. The molecule has 0 saturated carbocycles. The van der Waals surface area contributed by atoms with E-state index < -0.39 is 0 Å². The van der Waals surface area contributed by atoms with Gasteiger partial charge in [0, 0.05) is 32.4 Å². The van der Waals surface area contributed by atoms with Gasteiger partial charge in [-0.3, -0.25) is 4.90 Å². The SMILES string of the molecule is CN1CCN2CCc3ccccc3C2c2ccccc21. The van der Waals surface area contributed by atoms with E-state index in [1.165, 1.54) is 35.3 Å². The number of anilines is 1. The molecule has 1 atom stereocenters. The highest BCUT2D eigenvalue weighted by atomic mass is 15.2. The lowest BCUT2D eigenvalue weighted by Gasteiger charge is -2.36. The molecule has 0 spiro atoms. The van der Waals surface area contributed by atoms with E-state index in [1.54, 1.807) is 0 Å². The molecule has 1 unspecified atom stereocenters. The van der Waals surface area contributed by atoms with Crippen LogP contribution in [-0.2, 0) is 6.42 Å². The standard InChI is InChI=1S/C18H20N2/c1-19-12-13-20-11-10-14-6-2-3-7-15(14)18(20)16-8-4-5-9-17(16)19/h2-9,18H,10-13H2,1H3. The summed E-state index contributed by atoms with van der Waals surface area (Å²) in [5, 5.41) is 0. The summed E-state index contributed by atoms with van der Waals surface area (Å²) in [7, 11) is 2.21. The van der Waals surface area contributed by atoms with Gasteiger partial charge in [0.2, 0.25) is 0 Å². The second-order valence-corrected chi connectivity index (χ2v) is 5.87. The first-order chi connectivity index (χ1) is 9.84. The van der Waals surface area contributed by atoms with Gasteiger partial charge >= 0.3 is 0 Å². The summed E-state index contributed by atoms with van der Waals surface area (Å²) < 4.78 is 0. The second-order valence-electron chi connectivity index (χ2n) is 5.87. The van der Waals surface area contributed by atoms with E-state index in [0.29, 0.717) is 6.04 Å². The van der Waals surface area contributed by atoms with Crippen molar-refractivity contribution in [3.63, 3.8) is 0 Å². The van der Waals surface area contributed by atoms with E-state index in [1.807, 2.05) is 0 Å². The summed E-state index contributed by atoms with van der Waals surface area (Å²) >= 11 is 0. The predicted octanol–water partition coefficient (Wildman–Crippen LogP) is 3.08. The van der Waals surface area contributed by atoms with Crippen LogP contribution in [-0.4, -0.2) is 31.6 Å². The Hall–Kier alpha value is -1.80. The van der Waals surface area contributed by atoms with Crippen LogP contribution in [0.15, 0.2) is 48.5 Å². The van der Waals surface area contributed by atoms with Gasteiger partial charge in [0.15, 0.2) is 0 Å². The van der Waals surface area contributed by atoms with E-state index in [-0.39, 0.29) is 0 Å². The molecule has 0 N–H and O–H groups in total. The maximum absolute atomic E-state index is 2.64. The van der Waals surface area contributed by atoms with Crippen molar-refractivity contribution in [2.75, 3.05) is 31.6 Å². The van der Waals surface area contributed by atoms with Crippen LogP contribution in [0.3, 0.4) is 0 Å². The number of benzene rings is 2. The van der Waals surface area contributed by atoms with E-state index in [0.717, 1.165) is 13.1 Å². The molecule has 0 bridgehead atoms. The lowest BCUT2D eigenvalue weighted by Crippen LogP contribution is -2.37. The first kappa shape index (κ1) is 12.0. The van der Waals surface area contributed by atoms with Crippen LogP contribution in [0.5, 0.6) is 0 Å². The fourth-order valence-electron chi connectivity index (χ4n) is 3.69. The topological polar surface area (TPSA) is 6.48 Å². The number of nitrogens with zero attached hydrogens (tertiary/aromatic N) is 2. The summed E-state index contributed by atoms with van der Waals surface area (Å²) in [6.07, 6.45) is 1.18. The zero-order chi connectivity index (χ0) is 13.5. The van der Waals surface area contributed by atoms with E-state index in [9.17, 15) is 0 Å². The quantitative estimate of drug-likeness (QED) is 0.721. The third-order valence-electron chi connectivity index (χ3n) is 4.75. The molecular formula is C18H20N2. The zero-order valence-electron chi connectivity index (χ0n) is 11.9. The van der Waals surface area contributed by atoms with Crippen molar-refractivity contribution < 1.29 is 0 Å². The summed E-state index contributed by atoms with van der Waals surface area (Å²) in [5.74, 6) is 0. The summed E-state index contributed by atoms with van der Waals surface area (Å²) in [6.45, 7) is 3.42. The molecule has 0 saturated heterocycles. The molecule has 2 nitrogen and oxygen atoms in total. The monoisotopic (exact) mass is 264 g/mol. The van der Waals surface area contributed by atoms with Crippen LogP contribution >= 0.6 is 0 Å². The predicted molar refractivity (Wildman–Crippen MR) is 83.3 cm³/mol. The van der Waals surface area contributed by atoms with E-state index in [2.05, 4.69) is 65.4 Å². The van der Waals surface area contributed by atoms with Gasteiger partial charge in [0.1, 0.15) is 0 Å². The van der Waals surface area contributed by atoms with Crippen molar-refractivity contribution in [2.45, 2.75) is 12.5 Å². The fourth-order valence-corrected chi connectivity index (χ4v) is 3.69. The third kappa shape index (κ3) is 1.75. The summed E-state index contributed by atoms with van der Waals surface area (Å²) in [6, 6.07) is 18.3. The van der Waals surface area contributed by atoms with Crippen LogP contribution in [0, 0.1) is 0 Å². The zero-order valence-corrected chi connectivity index (χ0v) is 11.9. The minimum absolute atomic E-state index is 0.432. The van der Waals surface area contributed by atoms with Crippen LogP contribution in [0.25, 0.3) is 0 Å². The highest BCUT2D eigenvalue weighted by molar-refractivity contribution is 5.58. The van der Waals surface area contributed by atoms with Gasteiger partial charge in [-0.1, -0.05) is 42.5 Å². The number of rotatable bonds is 0. The molecule has 20 heavy (non-hydrogen) atoms. The van der Waals surface area contributed by atoms with Crippen molar-refractivity contribution in [2.24, 2.45) is 0 Å². The van der Waals surface area contributed by atoms with E-state index in [4.69, 9.17) is 0 Å². The molecule has 0 aliphatic carbocycles. The molecule has 2 aromatic carbocycles. The average molecular weight is 264 g/mol. The van der Waals surface area contributed by atoms with Gasteiger partial charge in [0.25, 0.3) is 0 Å². The number of hydrogen-bond acceptors (Lipinski definition) is 2. The molecule has 0 radical (unpaired) electrons. The van der Waals surface area contributed by atoms with Crippen LogP contribution in [0.1, 0.15) is 22.7 Å². The molecular weight excluding hydrogens is 244 g/mol. The second kappa shape index (κ2) is 4.64. The molecule has 2 heteroatoms. The molecule has 0 aromatic heterocycles. The van der Waals surface area contributed by atoms with Gasteiger partial charge in [-0.05, 0) is 29.2 Å². The van der Waals surface area contributed by atoms with Crippen LogP contribution < -0.4 is 4.90 Å². The van der Waals surface area contributed by atoms with Crippen molar-refractivity contribution >= 4 is 5.69 Å². The highest BCUT2D eigenvalue weighted by Gasteiger charge is 2.32. The van der Waals surface area contributed by atoms with Gasteiger partial charge in [0.05, 0.1) is 6.04 Å². The smallest absolute Gasteiger partial charge is 0.0625 e. The van der Waals surface area contributed by atoms with Gasteiger partial charge < -0.3 is 4.90 Å². The van der Waals surface area contributed by atoms with Gasteiger partial charge in [-0.15, -0.1) is 0 Å². The Morgan fingerprint density at radius 2 is 1.60 bits per heavy atom. The molecule has 0 amide bonds. The van der Waals surface area contributed by atoms with Gasteiger partial charge in [-0.25, -0.2) is 0 Å². The molecule has 0 fully saturated rings. The lowest BCUT2D eigenvalue weighted by atomic mass is 9.88. The molecule has 2 aromatic rings. The number of para-hydroxylation sites is 1. The number of hydrogen-bond donors (Lipinski definition) is 0. The first-order valence-electron chi connectivity index (χ1n) is 7.46. The molecule has 2 aliphatic rings. The highest BCUT2D eigenvalue weighted by Crippen LogP contribution is 2.40. The van der Waals surface area contributed by atoms with E-state index >= 15 is 0 Å². The molecule has 102 valence electrons. The largest absolute Gasteiger partial charge is 0.373 e. The van der Waals surface area contributed by atoms with Crippen molar-refractivity contribution in [1.29, 1.82) is 0 Å². The maximum atomic E-state index is 2.64. The molecule has 2 aliphatic heterocycles. The lowest BCUT2D eigenvalue weighted by molar-refractivity contribution is 0.224. The van der Waals surface area contributed by atoms with Crippen molar-refractivity contribution in [1.82, 2.24) is 4.90 Å². The number of fused-ring (bicyclic) bond motifs is 5. The Morgan fingerprint density at radius 3 is 2.50 bits per heavy atom. The van der Waals surface area contributed by atoms with Crippen LogP contribution in [0.2, 0.25) is 0 Å². The van der Waals surface area contributed by atoms with Crippen molar-refractivity contribution in [3.8, 4) is 0 Å². The van der Waals surface area contributed by atoms with Crippen LogP contribution in [0.4, 0.5) is 5.69 Å². The normalized spacial score (nSPS) is 21.6. The Balaban J connectivity index is 1.92. The van der Waals surface area contributed by atoms with Crippen molar-refractivity contribution in [3.05, 3.63) is 65.2 Å². The van der Waals surface area contributed by atoms with Gasteiger partial charge in [-0.2, -0.15) is 0 Å². The minimum Gasteiger partial charge on any atom is -0.373 e. The maximum Gasteiger partial charge on any atom is 0.0625 e. The Labute approximate surface area is 120 Å². The Bertz CT molecular complexity index is 635.